The van der Waals surface area contributed by atoms with E-state index in [1.54, 1.807) is 46.7 Å². The summed E-state index contributed by atoms with van der Waals surface area (Å²) in [7, 11) is 0. The first-order valence-corrected chi connectivity index (χ1v) is 7.14. The molecule has 0 aliphatic heterocycles. The van der Waals surface area contributed by atoms with Gasteiger partial charge in [-0.05, 0) is 35.7 Å². The maximum atomic E-state index is 11.7. The number of hydrogen-bond acceptors (Lipinski definition) is 5. The predicted octanol–water partition coefficient (Wildman–Crippen LogP) is 2.25. The zero-order valence-corrected chi connectivity index (χ0v) is 11.8. The monoisotopic (exact) mass is 300 g/mol. The van der Waals surface area contributed by atoms with Crippen LogP contribution >= 0.6 is 11.3 Å². The third kappa shape index (κ3) is 3.46. The molecule has 0 unspecified atom stereocenters. The summed E-state index contributed by atoms with van der Waals surface area (Å²) < 4.78 is 6.79. The van der Waals surface area contributed by atoms with Gasteiger partial charge in [0.05, 0.1) is 19.0 Å². The normalized spacial score (nSPS) is 11.0. The quantitative estimate of drug-likeness (QED) is 0.733. The van der Waals surface area contributed by atoms with Gasteiger partial charge in [0.2, 0.25) is 5.91 Å². The van der Waals surface area contributed by atoms with Crippen LogP contribution in [0.2, 0.25) is 0 Å². The third-order valence-corrected chi connectivity index (χ3v) is 3.52. The molecule has 0 saturated heterocycles. The van der Waals surface area contributed by atoms with E-state index < -0.39 is 0 Å². The Morgan fingerprint density at radius 1 is 1.43 bits per heavy atom. The minimum atomic E-state index is -0.211. The minimum Gasteiger partial charge on any atom is -0.465 e. The molecule has 1 N–H and O–H groups in total. The summed E-state index contributed by atoms with van der Waals surface area (Å²) in [5.41, 5.74) is 0.697. The Balaban J connectivity index is 1.54. The summed E-state index contributed by atoms with van der Waals surface area (Å²) in [5.74, 6) is 0.422. The summed E-state index contributed by atoms with van der Waals surface area (Å²) in [6.45, 7) is 0.326. The molecule has 0 aliphatic carbocycles. The second-order valence-electron chi connectivity index (χ2n) is 4.17. The summed E-state index contributed by atoms with van der Waals surface area (Å²) in [6, 6.07) is 7.44. The van der Waals surface area contributed by atoms with Crippen molar-refractivity contribution in [3.63, 3.8) is 0 Å². The lowest BCUT2D eigenvalue weighted by atomic mass is 10.4. The number of nitrogens with one attached hydrogen (secondary N) is 1. The van der Waals surface area contributed by atoms with E-state index in [9.17, 15) is 4.79 Å². The van der Waals surface area contributed by atoms with Crippen LogP contribution < -0.4 is 5.32 Å². The number of carbonyl (C=O) groups is 1. The lowest BCUT2D eigenvalue weighted by Gasteiger charge is -1.97. The Hall–Kier alpha value is -2.67. The summed E-state index contributed by atoms with van der Waals surface area (Å²) in [6.07, 6.45) is 6.38. The van der Waals surface area contributed by atoms with Crippen molar-refractivity contribution in [3.05, 3.63) is 59.6 Å². The van der Waals surface area contributed by atoms with E-state index in [2.05, 4.69) is 15.6 Å². The van der Waals surface area contributed by atoms with Crippen molar-refractivity contribution in [2.45, 2.75) is 6.54 Å². The van der Waals surface area contributed by atoms with Gasteiger partial charge in [-0.1, -0.05) is 5.21 Å². The molecular weight excluding hydrogens is 288 g/mol. The highest BCUT2D eigenvalue weighted by molar-refractivity contribution is 7.12. The molecule has 3 rings (SSSR count). The summed E-state index contributed by atoms with van der Waals surface area (Å²) in [5, 5.41) is 13.7. The van der Waals surface area contributed by atoms with E-state index in [1.165, 1.54) is 6.08 Å². The van der Waals surface area contributed by atoms with E-state index in [-0.39, 0.29) is 5.91 Å². The number of carbonyl (C=O) groups excluding carboxylic acids is 1. The molecule has 6 nitrogen and oxygen atoms in total. The Kier molecular flexibility index (Phi) is 3.92. The molecule has 3 aromatic rings. The zero-order valence-electron chi connectivity index (χ0n) is 11.0. The van der Waals surface area contributed by atoms with Crippen molar-refractivity contribution < 1.29 is 9.21 Å². The molecule has 0 radical (unpaired) electrons. The van der Waals surface area contributed by atoms with Crippen molar-refractivity contribution in [1.82, 2.24) is 20.3 Å². The van der Waals surface area contributed by atoms with Gasteiger partial charge >= 0.3 is 0 Å². The van der Waals surface area contributed by atoms with Gasteiger partial charge in [0.1, 0.15) is 16.5 Å². The number of rotatable bonds is 5. The topological polar surface area (TPSA) is 73.0 Å². The molecule has 0 atom stereocenters. The van der Waals surface area contributed by atoms with Crippen LogP contribution in [0.5, 0.6) is 0 Å². The number of amides is 1. The van der Waals surface area contributed by atoms with E-state index >= 15 is 0 Å². The van der Waals surface area contributed by atoms with Crippen LogP contribution in [0, 0.1) is 0 Å². The third-order valence-electron chi connectivity index (χ3n) is 2.66. The van der Waals surface area contributed by atoms with Crippen LogP contribution in [0.25, 0.3) is 11.1 Å². The van der Waals surface area contributed by atoms with Gasteiger partial charge in [0.25, 0.3) is 0 Å². The molecule has 3 aromatic heterocycles. The first-order chi connectivity index (χ1) is 10.3. The fraction of sp³-hybridized carbons (Fsp3) is 0.0714. The Morgan fingerprint density at radius 3 is 3.14 bits per heavy atom. The van der Waals surface area contributed by atoms with Gasteiger partial charge in [0.15, 0.2) is 0 Å². The van der Waals surface area contributed by atoms with Crippen molar-refractivity contribution in [3.8, 4) is 5.00 Å². The summed E-state index contributed by atoms with van der Waals surface area (Å²) in [4.78, 5) is 11.7. The van der Waals surface area contributed by atoms with Crippen molar-refractivity contribution in [1.29, 1.82) is 0 Å². The molecule has 21 heavy (non-hydrogen) atoms. The first-order valence-electron chi connectivity index (χ1n) is 6.26. The van der Waals surface area contributed by atoms with Gasteiger partial charge in [0, 0.05) is 6.08 Å². The average Bonchev–Trinajstić information content (AvgIpc) is 3.24. The molecule has 3 heterocycles. The van der Waals surface area contributed by atoms with Gasteiger partial charge in [-0.2, -0.15) is 0 Å². The molecule has 106 valence electrons. The predicted molar refractivity (Wildman–Crippen MR) is 78.8 cm³/mol. The molecule has 1 amide bonds. The molecule has 0 aliphatic rings. The highest BCUT2D eigenvalue weighted by Crippen LogP contribution is 2.13. The van der Waals surface area contributed by atoms with Crippen LogP contribution in [0.4, 0.5) is 0 Å². The largest absolute Gasteiger partial charge is 0.465 e. The Morgan fingerprint density at radius 2 is 2.38 bits per heavy atom. The van der Waals surface area contributed by atoms with Crippen molar-refractivity contribution >= 4 is 23.3 Å². The number of furan rings is 1. The minimum absolute atomic E-state index is 0.211. The number of aromatic nitrogens is 3. The molecule has 0 aromatic carbocycles. The highest BCUT2D eigenvalue weighted by atomic mass is 32.1. The highest BCUT2D eigenvalue weighted by Gasteiger charge is 2.04. The van der Waals surface area contributed by atoms with Crippen molar-refractivity contribution in [2.75, 3.05) is 0 Å². The van der Waals surface area contributed by atoms with Crippen LogP contribution in [0.15, 0.2) is 52.6 Å². The van der Waals surface area contributed by atoms with Crippen LogP contribution in [-0.4, -0.2) is 20.9 Å². The first kappa shape index (κ1) is 13.3. The fourth-order valence-electron chi connectivity index (χ4n) is 1.67. The lowest BCUT2D eigenvalue weighted by molar-refractivity contribution is -0.116. The molecule has 0 fully saturated rings. The van der Waals surface area contributed by atoms with Crippen LogP contribution in [0.1, 0.15) is 11.5 Å². The van der Waals surface area contributed by atoms with E-state index in [0.717, 1.165) is 5.00 Å². The second kappa shape index (κ2) is 6.19. The molecule has 0 saturated carbocycles. The molecule has 7 heteroatoms. The molecule has 0 spiro atoms. The van der Waals surface area contributed by atoms with Crippen LogP contribution in [0.3, 0.4) is 0 Å². The van der Waals surface area contributed by atoms with Gasteiger partial charge in [-0.15, -0.1) is 16.4 Å². The fourth-order valence-corrected chi connectivity index (χ4v) is 2.32. The average molecular weight is 300 g/mol. The standard InChI is InChI=1S/C14H12N4O2S/c19-13(6-5-12-3-1-7-20-12)15-9-11-10-18(17-16-11)14-4-2-8-21-14/h1-8,10H,9H2,(H,15,19)/b6-5+. The smallest absolute Gasteiger partial charge is 0.244 e. The van der Waals surface area contributed by atoms with Gasteiger partial charge in [-0.3, -0.25) is 4.79 Å². The Bertz CT molecular complexity index is 729. The van der Waals surface area contributed by atoms with Gasteiger partial charge < -0.3 is 9.73 Å². The zero-order chi connectivity index (χ0) is 14.5. The number of thiophene rings is 1. The SMILES string of the molecule is O=C(/C=C/c1ccco1)NCc1cn(-c2cccs2)nn1. The lowest BCUT2D eigenvalue weighted by Crippen LogP contribution is -2.20. The number of nitrogens with zero attached hydrogens (tertiary/aromatic N) is 3. The number of hydrogen-bond donors (Lipinski definition) is 1. The van der Waals surface area contributed by atoms with Gasteiger partial charge in [-0.25, -0.2) is 4.68 Å². The molecular formula is C14H12N4O2S. The van der Waals surface area contributed by atoms with E-state index in [1.807, 2.05) is 17.5 Å². The van der Waals surface area contributed by atoms with Crippen molar-refractivity contribution in [2.24, 2.45) is 0 Å². The second-order valence-corrected chi connectivity index (χ2v) is 5.10. The molecule has 0 bridgehead atoms. The summed E-state index contributed by atoms with van der Waals surface area (Å²) >= 11 is 1.57. The maximum Gasteiger partial charge on any atom is 0.244 e. The Labute approximate surface area is 124 Å². The maximum absolute atomic E-state index is 11.7. The van der Waals surface area contributed by atoms with Crippen LogP contribution in [-0.2, 0) is 11.3 Å². The van der Waals surface area contributed by atoms with E-state index in [0.29, 0.717) is 18.0 Å². The van der Waals surface area contributed by atoms with E-state index in [4.69, 9.17) is 4.42 Å².